The second-order valence-corrected chi connectivity index (χ2v) is 6.25. The predicted molar refractivity (Wildman–Crippen MR) is 101 cm³/mol. The lowest BCUT2D eigenvalue weighted by Crippen LogP contribution is -1.97. The second-order valence-electron chi connectivity index (χ2n) is 6.25. The average Bonchev–Trinajstić information content (AvgIpc) is 2.56. The third kappa shape index (κ3) is 2.82. The Morgan fingerprint density at radius 1 is 0.565 bits per heavy atom. The fourth-order valence-electron chi connectivity index (χ4n) is 3.51. The first-order chi connectivity index (χ1) is 11.1. The monoisotopic (exact) mass is 300 g/mol. The Labute approximate surface area is 139 Å². The van der Waals surface area contributed by atoms with Gasteiger partial charge in [0.25, 0.3) is 0 Å². The first-order valence-electron chi connectivity index (χ1n) is 8.38. The average molecular weight is 300 g/mol. The van der Waals surface area contributed by atoms with Crippen molar-refractivity contribution in [2.24, 2.45) is 0 Å². The number of rotatable bonds is 3. The third-order valence-electron chi connectivity index (χ3n) is 4.82. The topological polar surface area (TPSA) is 0 Å². The van der Waals surface area contributed by atoms with Crippen molar-refractivity contribution >= 4 is 0 Å². The van der Waals surface area contributed by atoms with E-state index in [0.717, 1.165) is 6.42 Å². The van der Waals surface area contributed by atoms with Crippen LogP contribution in [0.15, 0.2) is 60.7 Å². The number of hydrogen-bond acceptors (Lipinski definition) is 0. The van der Waals surface area contributed by atoms with Gasteiger partial charge in [-0.2, -0.15) is 0 Å². The normalized spacial score (nSPS) is 10.8. The molecule has 0 heterocycles. The minimum atomic E-state index is 1.05. The maximum absolute atomic E-state index is 2.30. The van der Waals surface area contributed by atoms with E-state index in [1.54, 1.807) is 0 Å². The molecule has 0 nitrogen and oxygen atoms in total. The summed E-state index contributed by atoms with van der Waals surface area (Å²) in [5, 5.41) is 0. The van der Waals surface area contributed by atoms with Gasteiger partial charge in [-0.25, -0.2) is 0 Å². The Morgan fingerprint density at radius 3 is 1.57 bits per heavy atom. The molecule has 23 heavy (non-hydrogen) atoms. The first-order valence-corrected chi connectivity index (χ1v) is 8.38. The number of hydrogen-bond donors (Lipinski definition) is 0. The fraction of sp³-hybridized carbons (Fsp3) is 0.217. The summed E-state index contributed by atoms with van der Waals surface area (Å²) < 4.78 is 0. The van der Waals surface area contributed by atoms with Gasteiger partial charge in [-0.05, 0) is 71.7 Å². The number of aryl methyl sites for hydroxylation is 2. The van der Waals surface area contributed by atoms with Gasteiger partial charge in [-0.3, -0.25) is 0 Å². The Balaban J connectivity index is 2.22. The van der Waals surface area contributed by atoms with E-state index in [4.69, 9.17) is 0 Å². The van der Waals surface area contributed by atoms with Gasteiger partial charge in [0.2, 0.25) is 0 Å². The Hall–Kier alpha value is -2.34. The van der Waals surface area contributed by atoms with E-state index in [1.807, 2.05) is 0 Å². The molecule has 0 aliphatic rings. The van der Waals surface area contributed by atoms with Crippen LogP contribution in [0.4, 0.5) is 0 Å². The highest BCUT2D eigenvalue weighted by Gasteiger charge is 2.13. The van der Waals surface area contributed by atoms with Crippen LogP contribution in [0.5, 0.6) is 0 Å². The minimum absolute atomic E-state index is 1.05. The largest absolute Gasteiger partial charge is 0.0620 e. The maximum Gasteiger partial charge on any atom is -0.0146 e. The summed E-state index contributed by atoms with van der Waals surface area (Å²) in [4.78, 5) is 0. The Bertz CT molecular complexity index is 840. The maximum atomic E-state index is 2.30. The molecule has 3 aromatic rings. The zero-order valence-electron chi connectivity index (χ0n) is 14.5. The predicted octanol–water partition coefficient (Wildman–Crippen LogP) is 6.51. The molecule has 3 rings (SSSR count). The SMILES string of the molecule is CCc1c(-c2ccccc2C)ccc(-c2ccccc2C)c1C. The molecule has 0 saturated heterocycles. The Morgan fingerprint density at radius 2 is 1.04 bits per heavy atom. The molecule has 0 bridgehead atoms. The second kappa shape index (κ2) is 6.42. The van der Waals surface area contributed by atoms with Gasteiger partial charge >= 0.3 is 0 Å². The van der Waals surface area contributed by atoms with E-state index in [-0.39, 0.29) is 0 Å². The van der Waals surface area contributed by atoms with E-state index < -0.39 is 0 Å². The molecule has 3 aromatic carbocycles. The highest BCUT2D eigenvalue weighted by molar-refractivity contribution is 5.79. The van der Waals surface area contributed by atoms with Crippen molar-refractivity contribution in [3.8, 4) is 22.3 Å². The summed E-state index contributed by atoms with van der Waals surface area (Å²) in [6.45, 7) is 8.91. The van der Waals surface area contributed by atoms with Crippen LogP contribution in [-0.2, 0) is 6.42 Å². The van der Waals surface area contributed by atoms with Gasteiger partial charge < -0.3 is 0 Å². The molecule has 0 spiro atoms. The van der Waals surface area contributed by atoms with Gasteiger partial charge in [0.1, 0.15) is 0 Å². The smallest absolute Gasteiger partial charge is 0.0146 e. The van der Waals surface area contributed by atoms with Crippen molar-refractivity contribution in [3.05, 3.63) is 82.9 Å². The summed E-state index contributed by atoms with van der Waals surface area (Å²) in [5.74, 6) is 0. The van der Waals surface area contributed by atoms with Crippen LogP contribution in [0, 0.1) is 20.8 Å². The molecule has 0 atom stereocenters. The van der Waals surface area contributed by atoms with Gasteiger partial charge in [-0.15, -0.1) is 0 Å². The van der Waals surface area contributed by atoms with Crippen LogP contribution >= 0.6 is 0 Å². The molecule has 0 aliphatic heterocycles. The molecule has 0 fully saturated rings. The third-order valence-corrected chi connectivity index (χ3v) is 4.82. The quantitative estimate of drug-likeness (QED) is 0.517. The molecule has 0 aliphatic carbocycles. The molecule has 0 N–H and O–H groups in total. The van der Waals surface area contributed by atoms with Crippen LogP contribution in [-0.4, -0.2) is 0 Å². The van der Waals surface area contributed by atoms with Crippen LogP contribution in [0.1, 0.15) is 29.2 Å². The molecular weight excluding hydrogens is 276 g/mol. The van der Waals surface area contributed by atoms with Crippen molar-refractivity contribution in [1.29, 1.82) is 0 Å². The molecule has 0 amide bonds. The van der Waals surface area contributed by atoms with E-state index in [1.165, 1.54) is 44.5 Å². The van der Waals surface area contributed by atoms with Gasteiger partial charge in [0.05, 0.1) is 0 Å². The molecule has 0 aromatic heterocycles. The van der Waals surface area contributed by atoms with E-state index in [9.17, 15) is 0 Å². The molecule has 0 saturated carbocycles. The van der Waals surface area contributed by atoms with Crippen molar-refractivity contribution in [1.82, 2.24) is 0 Å². The van der Waals surface area contributed by atoms with Crippen LogP contribution < -0.4 is 0 Å². The lowest BCUT2D eigenvalue weighted by atomic mass is 9.86. The summed E-state index contributed by atoms with van der Waals surface area (Å²) in [5.41, 5.74) is 11.0. The van der Waals surface area contributed by atoms with Gasteiger partial charge in [-0.1, -0.05) is 67.6 Å². The van der Waals surface area contributed by atoms with Crippen LogP contribution in [0.2, 0.25) is 0 Å². The van der Waals surface area contributed by atoms with Crippen LogP contribution in [0.25, 0.3) is 22.3 Å². The molecule has 116 valence electrons. The molecular formula is C23H24. The van der Waals surface area contributed by atoms with Crippen molar-refractivity contribution in [2.45, 2.75) is 34.1 Å². The van der Waals surface area contributed by atoms with E-state index >= 15 is 0 Å². The highest BCUT2D eigenvalue weighted by atomic mass is 14.2. The summed E-state index contributed by atoms with van der Waals surface area (Å²) in [6.07, 6.45) is 1.05. The van der Waals surface area contributed by atoms with E-state index in [2.05, 4.69) is 88.4 Å². The summed E-state index contributed by atoms with van der Waals surface area (Å²) >= 11 is 0. The van der Waals surface area contributed by atoms with Crippen LogP contribution in [0.3, 0.4) is 0 Å². The van der Waals surface area contributed by atoms with Gasteiger partial charge in [0.15, 0.2) is 0 Å². The number of benzene rings is 3. The minimum Gasteiger partial charge on any atom is -0.0620 e. The zero-order chi connectivity index (χ0) is 16.4. The molecule has 0 heteroatoms. The zero-order valence-corrected chi connectivity index (χ0v) is 14.5. The highest BCUT2D eigenvalue weighted by Crippen LogP contribution is 2.35. The lowest BCUT2D eigenvalue weighted by Gasteiger charge is -2.18. The van der Waals surface area contributed by atoms with Crippen molar-refractivity contribution < 1.29 is 0 Å². The van der Waals surface area contributed by atoms with Gasteiger partial charge in [0, 0.05) is 0 Å². The fourth-order valence-corrected chi connectivity index (χ4v) is 3.51. The standard InChI is InChI=1S/C23H24/c1-5-19-18(4)22(20-12-8-6-10-16(20)2)14-15-23(19)21-13-9-7-11-17(21)3/h6-15H,5H2,1-4H3. The van der Waals surface area contributed by atoms with Crippen molar-refractivity contribution in [3.63, 3.8) is 0 Å². The summed E-state index contributed by atoms with van der Waals surface area (Å²) in [7, 11) is 0. The molecule has 0 radical (unpaired) electrons. The van der Waals surface area contributed by atoms with E-state index in [0.29, 0.717) is 0 Å². The Kier molecular flexibility index (Phi) is 4.34. The summed E-state index contributed by atoms with van der Waals surface area (Å²) in [6, 6.07) is 21.9. The molecule has 0 unspecified atom stereocenters. The van der Waals surface area contributed by atoms with Crippen molar-refractivity contribution in [2.75, 3.05) is 0 Å². The first kappa shape index (κ1) is 15.6. The lowest BCUT2D eigenvalue weighted by molar-refractivity contribution is 1.11.